The van der Waals surface area contributed by atoms with E-state index < -0.39 is 28.0 Å². The Morgan fingerprint density at radius 2 is 2.07 bits per heavy atom. The van der Waals surface area contributed by atoms with E-state index in [0.717, 1.165) is 18.3 Å². The van der Waals surface area contributed by atoms with Crippen molar-refractivity contribution in [1.82, 2.24) is 4.98 Å². The molecule has 0 radical (unpaired) electrons. The fraction of sp³-hybridized carbons (Fsp3) is 0.167. The zero-order valence-corrected chi connectivity index (χ0v) is 7.78. The number of aromatic nitrogens is 1. The summed E-state index contributed by atoms with van der Waals surface area (Å²) < 4.78 is 33.8. The molecule has 14 heavy (non-hydrogen) atoms. The molecular weight excluding hydrogens is 212 g/mol. The molecule has 0 unspecified atom stereocenters. The Kier molecular flexibility index (Phi) is 3.19. The summed E-state index contributed by atoms with van der Waals surface area (Å²) in [4.78, 5) is 3.39. The lowest BCUT2D eigenvalue weighted by Crippen LogP contribution is -2.30. The molecule has 0 aliphatic heterocycles. The van der Waals surface area contributed by atoms with Crippen LogP contribution in [0.2, 0.25) is 0 Å². The van der Waals surface area contributed by atoms with Crippen LogP contribution in [-0.4, -0.2) is 36.6 Å². The molecule has 0 aliphatic rings. The quantitative estimate of drug-likeness (QED) is 0.601. The van der Waals surface area contributed by atoms with E-state index in [0.29, 0.717) is 0 Å². The second kappa shape index (κ2) is 4.03. The molecule has 0 amide bonds. The van der Waals surface area contributed by atoms with Gasteiger partial charge in [-0.15, -0.1) is 0 Å². The monoisotopic (exact) mass is 219 g/mol. The first-order valence-electron chi connectivity index (χ1n) is 3.58. The predicted octanol–water partition coefficient (Wildman–Crippen LogP) is -1.54. The lowest BCUT2D eigenvalue weighted by Gasteiger charge is -2.00. The fourth-order valence-corrected chi connectivity index (χ4v) is 1.38. The van der Waals surface area contributed by atoms with Crippen LogP contribution < -0.4 is 5.46 Å². The van der Waals surface area contributed by atoms with E-state index >= 15 is 0 Å². The van der Waals surface area contributed by atoms with Crippen LogP contribution in [0, 0.1) is 0 Å². The molecule has 0 saturated heterocycles. The Labute approximate surface area is 80.3 Å². The fourth-order valence-electron chi connectivity index (χ4n) is 0.784. The highest BCUT2D eigenvalue weighted by atomic mass is 32.2. The minimum Gasteiger partial charge on any atom is -0.423 e. The molecule has 1 aromatic heterocycles. The van der Waals surface area contributed by atoms with Gasteiger partial charge in [-0.2, -0.15) is 0 Å². The summed E-state index contributed by atoms with van der Waals surface area (Å²) in [5.74, 6) is 0. The highest BCUT2D eigenvalue weighted by Gasteiger charge is 2.17. The van der Waals surface area contributed by atoms with Gasteiger partial charge in [0.15, 0.2) is 11.0 Å². The summed E-state index contributed by atoms with van der Waals surface area (Å²) in [6.45, 7) is 0. The molecule has 76 valence electrons. The van der Waals surface area contributed by atoms with Gasteiger partial charge in [0.05, 0.1) is 0 Å². The maximum Gasteiger partial charge on any atom is 0.490 e. The van der Waals surface area contributed by atoms with Crippen LogP contribution in [0.4, 0.5) is 4.39 Å². The second-order valence-corrected chi connectivity index (χ2v) is 4.39. The van der Waals surface area contributed by atoms with Gasteiger partial charge in [0.2, 0.25) is 9.84 Å². The molecular formula is C6H7BFNO4S. The predicted molar refractivity (Wildman–Crippen MR) is 47.2 cm³/mol. The summed E-state index contributed by atoms with van der Waals surface area (Å²) in [6, 6.07) is 0.644. The van der Waals surface area contributed by atoms with E-state index in [1.807, 2.05) is 0 Å². The molecule has 2 N–H and O–H groups in total. The number of alkyl halides is 1. The van der Waals surface area contributed by atoms with Gasteiger partial charge < -0.3 is 10.0 Å². The van der Waals surface area contributed by atoms with Crippen molar-refractivity contribution in [2.75, 3.05) is 6.01 Å². The van der Waals surface area contributed by atoms with E-state index in [-0.39, 0.29) is 5.46 Å². The Morgan fingerprint density at radius 3 is 2.43 bits per heavy atom. The zero-order valence-electron chi connectivity index (χ0n) is 6.96. The summed E-state index contributed by atoms with van der Waals surface area (Å²) in [5, 5.41) is 16.9. The van der Waals surface area contributed by atoms with E-state index in [1.54, 1.807) is 0 Å². The molecule has 1 rings (SSSR count). The molecule has 0 fully saturated rings. The van der Waals surface area contributed by atoms with Crippen molar-refractivity contribution in [1.29, 1.82) is 0 Å². The summed E-state index contributed by atoms with van der Waals surface area (Å²) in [6.07, 6.45) is 0.965. The maximum absolute atomic E-state index is 12.0. The van der Waals surface area contributed by atoms with Crippen LogP contribution in [0.25, 0.3) is 0 Å². The van der Waals surface area contributed by atoms with E-state index in [9.17, 15) is 12.8 Å². The molecule has 0 aliphatic carbocycles. The van der Waals surface area contributed by atoms with E-state index in [2.05, 4.69) is 4.98 Å². The summed E-state index contributed by atoms with van der Waals surface area (Å²) in [7, 11) is -5.70. The first-order valence-corrected chi connectivity index (χ1v) is 5.23. The van der Waals surface area contributed by atoms with Crippen LogP contribution in [0.15, 0.2) is 23.4 Å². The molecule has 0 bridgehead atoms. The third-order valence-corrected chi connectivity index (χ3v) is 2.69. The number of hydrogen-bond acceptors (Lipinski definition) is 5. The average Bonchev–Trinajstić information content (AvgIpc) is 2.18. The van der Waals surface area contributed by atoms with Crippen LogP contribution in [0.3, 0.4) is 0 Å². The molecule has 0 spiro atoms. The molecule has 0 aromatic carbocycles. The summed E-state index contributed by atoms with van der Waals surface area (Å²) in [5.41, 5.74) is 0.0443. The van der Waals surface area contributed by atoms with Crippen molar-refractivity contribution in [3.8, 4) is 0 Å². The van der Waals surface area contributed by atoms with E-state index in [1.165, 1.54) is 0 Å². The Morgan fingerprint density at radius 1 is 1.43 bits per heavy atom. The van der Waals surface area contributed by atoms with Gasteiger partial charge in [0, 0.05) is 11.7 Å². The zero-order chi connectivity index (χ0) is 10.8. The summed E-state index contributed by atoms with van der Waals surface area (Å²) >= 11 is 0. The molecule has 1 heterocycles. The van der Waals surface area contributed by atoms with Crippen LogP contribution in [0.5, 0.6) is 0 Å². The van der Waals surface area contributed by atoms with Gasteiger partial charge in [-0.1, -0.05) is 6.07 Å². The third-order valence-electron chi connectivity index (χ3n) is 1.52. The number of rotatable bonds is 3. The Balaban J connectivity index is 3.06. The highest BCUT2D eigenvalue weighted by molar-refractivity contribution is 7.91. The first-order chi connectivity index (χ1) is 6.47. The van der Waals surface area contributed by atoms with Crippen molar-refractivity contribution in [3.63, 3.8) is 0 Å². The minimum atomic E-state index is -3.98. The number of hydrogen-bond donors (Lipinski definition) is 2. The number of halogens is 1. The highest BCUT2D eigenvalue weighted by Crippen LogP contribution is 2.05. The topological polar surface area (TPSA) is 87.5 Å². The molecule has 0 saturated carbocycles. The van der Waals surface area contributed by atoms with Gasteiger partial charge in [-0.3, -0.25) is 0 Å². The normalized spacial score (nSPS) is 11.4. The maximum atomic E-state index is 12.0. The van der Waals surface area contributed by atoms with E-state index in [4.69, 9.17) is 10.0 Å². The van der Waals surface area contributed by atoms with Crippen LogP contribution in [-0.2, 0) is 9.84 Å². The smallest absolute Gasteiger partial charge is 0.423 e. The van der Waals surface area contributed by atoms with Gasteiger partial charge in [-0.25, -0.2) is 17.8 Å². The Bertz CT molecular complexity index is 404. The SMILES string of the molecule is O=S(=O)(CF)c1ccc(B(O)O)cn1. The second-order valence-electron chi connectivity index (χ2n) is 2.53. The number of pyridine rings is 1. The first kappa shape index (κ1) is 11.1. The average molecular weight is 219 g/mol. The van der Waals surface area contributed by atoms with Crippen LogP contribution >= 0.6 is 0 Å². The van der Waals surface area contributed by atoms with Crippen molar-refractivity contribution >= 4 is 22.4 Å². The van der Waals surface area contributed by atoms with Gasteiger partial charge in [0.1, 0.15) is 0 Å². The molecule has 1 aromatic rings. The molecule has 8 heteroatoms. The van der Waals surface area contributed by atoms with Crippen molar-refractivity contribution in [2.24, 2.45) is 0 Å². The third kappa shape index (κ3) is 2.28. The minimum absolute atomic E-state index is 0.0443. The van der Waals surface area contributed by atoms with Crippen molar-refractivity contribution in [3.05, 3.63) is 18.3 Å². The van der Waals surface area contributed by atoms with Gasteiger partial charge in [0.25, 0.3) is 0 Å². The lowest BCUT2D eigenvalue weighted by molar-refractivity contribution is 0.425. The lowest BCUT2D eigenvalue weighted by atomic mass is 9.82. The van der Waals surface area contributed by atoms with Crippen molar-refractivity contribution in [2.45, 2.75) is 5.03 Å². The largest absolute Gasteiger partial charge is 0.490 e. The standard InChI is InChI=1S/C6H7BFNO4S/c8-4-14(12,13)6-2-1-5(3-9-6)7(10)11/h1-3,10-11H,4H2. The Hall–Kier alpha value is -0.985. The van der Waals surface area contributed by atoms with Crippen LogP contribution in [0.1, 0.15) is 0 Å². The van der Waals surface area contributed by atoms with Crippen molar-refractivity contribution < 1.29 is 22.9 Å². The van der Waals surface area contributed by atoms with Gasteiger partial charge >= 0.3 is 7.12 Å². The molecule has 0 atom stereocenters. The molecule has 5 nitrogen and oxygen atoms in total. The number of sulfone groups is 1. The van der Waals surface area contributed by atoms with Gasteiger partial charge in [-0.05, 0) is 6.07 Å². The number of nitrogens with zero attached hydrogens (tertiary/aromatic N) is 1.